The zero-order valence-corrected chi connectivity index (χ0v) is 13.5. The molecule has 0 radical (unpaired) electrons. The van der Waals surface area contributed by atoms with Crippen molar-refractivity contribution in [1.29, 1.82) is 0 Å². The molecule has 1 aromatic carbocycles. The third-order valence-electron chi connectivity index (χ3n) is 4.48. The topological polar surface area (TPSA) is 37.4 Å². The smallest absolute Gasteiger partial charge is 0.126 e. The molecule has 2 heterocycles. The van der Waals surface area contributed by atoms with E-state index >= 15 is 0 Å². The second kappa shape index (κ2) is 7.07. The number of para-hydroxylation sites is 1. The SMILES string of the molecule is COCCN1CCC(CNc2cc(C)c3ccccc3n2)C1. The lowest BCUT2D eigenvalue weighted by atomic mass is 10.1. The zero-order chi connectivity index (χ0) is 15.4. The summed E-state index contributed by atoms with van der Waals surface area (Å²) in [7, 11) is 1.77. The number of aromatic nitrogens is 1. The van der Waals surface area contributed by atoms with E-state index in [4.69, 9.17) is 9.72 Å². The quantitative estimate of drug-likeness (QED) is 0.890. The number of ether oxygens (including phenoxy) is 1. The highest BCUT2D eigenvalue weighted by atomic mass is 16.5. The van der Waals surface area contributed by atoms with E-state index in [-0.39, 0.29) is 0 Å². The van der Waals surface area contributed by atoms with Gasteiger partial charge in [-0.2, -0.15) is 0 Å². The van der Waals surface area contributed by atoms with Crippen LogP contribution in [0.15, 0.2) is 30.3 Å². The van der Waals surface area contributed by atoms with Crippen LogP contribution < -0.4 is 5.32 Å². The van der Waals surface area contributed by atoms with Crippen LogP contribution in [0, 0.1) is 12.8 Å². The van der Waals surface area contributed by atoms with Gasteiger partial charge in [0.15, 0.2) is 0 Å². The number of aryl methyl sites for hydroxylation is 1. The minimum absolute atomic E-state index is 0.699. The average Bonchev–Trinajstić information content (AvgIpc) is 2.99. The molecule has 4 heteroatoms. The molecule has 3 rings (SSSR count). The van der Waals surface area contributed by atoms with Crippen molar-refractivity contribution in [3.05, 3.63) is 35.9 Å². The maximum absolute atomic E-state index is 5.16. The van der Waals surface area contributed by atoms with Gasteiger partial charge in [0.2, 0.25) is 0 Å². The lowest BCUT2D eigenvalue weighted by molar-refractivity contribution is 0.159. The van der Waals surface area contributed by atoms with Crippen molar-refractivity contribution in [3.8, 4) is 0 Å². The van der Waals surface area contributed by atoms with Gasteiger partial charge in [0.05, 0.1) is 12.1 Å². The number of likely N-dealkylation sites (tertiary alicyclic amines) is 1. The van der Waals surface area contributed by atoms with Crippen molar-refractivity contribution >= 4 is 16.7 Å². The van der Waals surface area contributed by atoms with Gasteiger partial charge in [-0.25, -0.2) is 4.98 Å². The fourth-order valence-electron chi connectivity index (χ4n) is 3.19. The molecule has 1 unspecified atom stereocenters. The molecule has 1 atom stereocenters. The summed E-state index contributed by atoms with van der Waals surface area (Å²) in [5.74, 6) is 1.69. The van der Waals surface area contributed by atoms with Crippen LogP contribution in [0.3, 0.4) is 0 Å². The summed E-state index contributed by atoms with van der Waals surface area (Å²) < 4.78 is 5.16. The lowest BCUT2D eigenvalue weighted by Gasteiger charge is -2.16. The van der Waals surface area contributed by atoms with Crippen molar-refractivity contribution in [3.63, 3.8) is 0 Å². The third kappa shape index (κ3) is 3.57. The fourth-order valence-corrected chi connectivity index (χ4v) is 3.19. The summed E-state index contributed by atoms with van der Waals surface area (Å²) in [6.45, 7) is 7.35. The van der Waals surface area contributed by atoms with E-state index < -0.39 is 0 Å². The van der Waals surface area contributed by atoms with E-state index in [1.165, 1.54) is 23.9 Å². The average molecular weight is 299 g/mol. The van der Waals surface area contributed by atoms with Crippen LogP contribution in [0.1, 0.15) is 12.0 Å². The molecule has 1 fully saturated rings. The summed E-state index contributed by atoms with van der Waals surface area (Å²) in [6, 6.07) is 10.5. The Morgan fingerprint density at radius 2 is 2.23 bits per heavy atom. The van der Waals surface area contributed by atoms with Gasteiger partial charge >= 0.3 is 0 Å². The number of hydrogen-bond acceptors (Lipinski definition) is 4. The number of rotatable bonds is 6. The normalized spacial score (nSPS) is 18.9. The molecule has 0 saturated carbocycles. The van der Waals surface area contributed by atoms with Crippen LogP contribution in [-0.4, -0.2) is 49.8 Å². The first-order valence-corrected chi connectivity index (χ1v) is 8.08. The first-order chi connectivity index (χ1) is 10.8. The molecular formula is C18H25N3O. The van der Waals surface area contributed by atoms with Crippen molar-refractivity contribution in [2.75, 3.05) is 45.2 Å². The number of fused-ring (bicyclic) bond motifs is 1. The Labute approximate surface area is 132 Å². The fraction of sp³-hybridized carbons (Fsp3) is 0.500. The Hall–Kier alpha value is -1.65. The largest absolute Gasteiger partial charge is 0.383 e. The minimum atomic E-state index is 0.699. The molecule has 0 spiro atoms. The molecule has 0 bridgehead atoms. The molecule has 1 saturated heterocycles. The molecular weight excluding hydrogens is 274 g/mol. The predicted octanol–water partition coefficient (Wildman–Crippen LogP) is 2.92. The Balaban J connectivity index is 1.58. The van der Waals surface area contributed by atoms with Crippen LogP contribution in [-0.2, 0) is 4.74 Å². The third-order valence-corrected chi connectivity index (χ3v) is 4.48. The standard InChI is InChI=1S/C18H25N3O/c1-14-11-18(20-17-6-4-3-5-16(14)17)19-12-15-7-8-21(13-15)9-10-22-2/h3-6,11,15H,7-10,12-13H2,1-2H3,(H,19,20). The zero-order valence-electron chi connectivity index (χ0n) is 13.5. The maximum Gasteiger partial charge on any atom is 0.126 e. The van der Waals surface area contributed by atoms with E-state index in [9.17, 15) is 0 Å². The summed E-state index contributed by atoms with van der Waals surface area (Å²) >= 11 is 0. The summed E-state index contributed by atoms with van der Waals surface area (Å²) in [5.41, 5.74) is 2.35. The molecule has 118 valence electrons. The number of benzene rings is 1. The van der Waals surface area contributed by atoms with Gasteiger partial charge in [0.25, 0.3) is 0 Å². The summed E-state index contributed by atoms with van der Waals surface area (Å²) in [5, 5.41) is 4.76. The number of hydrogen-bond donors (Lipinski definition) is 1. The Bertz CT molecular complexity index is 629. The van der Waals surface area contributed by atoms with E-state index in [1.54, 1.807) is 7.11 Å². The number of anilines is 1. The van der Waals surface area contributed by atoms with Crippen LogP contribution >= 0.6 is 0 Å². The van der Waals surface area contributed by atoms with Gasteiger partial charge in [-0.1, -0.05) is 18.2 Å². The highest BCUT2D eigenvalue weighted by molar-refractivity contribution is 5.83. The van der Waals surface area contributed by atoms with Crippen molar-refractivity contribution in [2.45, 2.75) is 13.3 Å². The van der Waals surface area contributed by atoms with Gasteiger partial charge in [0.1, 0.15) is 5.82 Å². The van der Waals surface area contributed by atoms with Gasteiger partial charge in [-0.05, 0) is 43.5 Å². The van der Waals surface area contributed by atoms with Gasteiger partial charge in [-0.15, -0.1) is 0 Å². The van der Waals surface area contributed by atoms with Crippen LogP contribution in [0.25, 0.3) is 10.9 Å². The molecule has 1 aromatic heterocycles. The monoisotopic (exact) mass is 299 g/mol. The highest BCUT2D eigenvalue weighted by Crippen LogP contribution is 2.21. The predicted molar refractivity (Wildman–Crippen MR) is 91.4 cm³/mol. The Morgan fingerprint density at radius 1 is 1.36 bits per heavy atom. The van der Waals surface area contributed by atoms with Crippen molar-refractivity contribution < 1.29 is 4.74 Å². The maximum atomic E-state index is 5.16. The van der Waals surface area contributed by atoms with E-state index in [0.29, 0.717) is 5.92 Å². The molecule has 22 heavy (non-hydrogen) atoms. The first-order valence-electron chi connectivity index (χ1n) is 8.08. The first kappa shape index (κ1) is 15.3. The van der Waals surface area contributed by atoms with Crippen LogP contribution in [0.5, 0.6) is 0 Å². The summed E-state index contributed by atoms with van der Waals surface area (Å²) in [6.07, 6.45) is 1.25. The van der Waals surface area contributed by atoms with Crippen molar-refractivity contribution in [2.24, 2.45) is 5.92 Å². The number of pyridine rings is 1. The number of nitrogens with zero attached hydrogens (tertiary/aromatic N) is 2. The van der Waals surface area contributed by atoms with Gasteiger partial charge in [0, 0.05) is 32.1 Å². The molecule has 0 aliphatic carbocycles. The molecule has 0 amide bonds. The van der Waals surface area contributed by atoms with Crippen LogP contribution in [0.4, 0.5) is 5.82 Å². The Kier molecular flexibility index (Phi) is 4.90. The second-order valence-corrected chi connectivity index (χ2v) is 6.17. The molecule has 4 nitrogen and oxygen atoms in total. The lowest BCUT2D eigenvalue weighted by Crippen LogP contribution is -2.26. The van der Waals surface area contributed by atoms with Gasteiger partial charge in [-0.3, -0.25) is 0 Å². The van der Waals surface area contributed by atoms with E-state index in [1.807, 2.05) is 6.07 Å². The number of methoxy groups -OCH3 is 1. The van der Waals surface area contributed by atoms with Crippen LogP contribution in [0.2, 0.25) is 0 Å². The molecule has 1 N–H and O–H groups in total. The van der Waals surface area contributed by atoms with E-state index in [0.717, 1.165) is 37.6 Å². The summed E-state index contributed by atoms with van der Waals surface area (Å²) in [4.78, 5) is 7.20. The minimum Gasteiger partial charge on any atom is -0.383 e. The molecule has 1 aliphatic rings. The van der Waals surface area contributed by atoms with Gasteiger partial charge < -0.3 is 15.0 Å². The highest BCUT2D eigenvalue weighted by Gasteiger charge is 2.21. The molecule has 2 aromatic rings. The van der Waals surface area contributed by atoms with Crippen molar-refractivity contribution in [1.82, 2.24) is 9.88 Å². The van der Waals surface area contributed by atoms with E-state index in [2.05, 4.69) is 41.4 Å². The second-order valence-electron chi connectivity index (χ2n) is 6.17. The number of nitrogens with one attached hydrogen (secondary N) is 1. The molecule has 1 aliphatic heterocycles. The Morgan fingerprint density at radius 3 is 3.09 bits per heavy atom.